The van der Waals surface area contributed by atoms with Gasteiger partial charge in [0.25, 0.3) is 0 Å². The Hall–Kier alpha value is -1.15. The molecule has 2 bridgehead atoms. The Morgan fingerprint density at radius 2 is 2.25 bits per heavy atom. The Morgan fingerprint density at radius 3 is 2.92 bits per heavy atom. The minimum atomic E-state index is -0.429. The van der Waals surface area contributed by atoms with Crippen molar-refractivity contribution in [3.8, 4) is 9.75 Å². The van der Waals surface area contributed by atoms with Crippen LogP contribution in [0.2, 0.25) is 4.34 Å². The first-order chi connectivity index (χ1) is 11.7. The lowest BCUT2D eigenvalue weighted by Gasteiger charge is -2.44. The Bertz CT molecular complexity index is 724. The minimum absolute atomic E-state index is 0.429. The van der Waals surface area contributed by atoms with Crippen molar-refractivity contribution in [3.63, 3.8) is 0 Å². The van der Waals surface area contributed by atoms with Crippen LogP contribution in [0.5, 0.6) is 0 Å². The van der Waals surface area contributed by atoms with E-state index < -0.39 is 6.09 Å². The molecule has 3 saturated heterocycles. The van der Waals surface area contributed by atoms with Crippen LogP contribution in [0.15, 0.2) is 17.6 Å². The number of nitrogens with one attached hydrogen (secondary N) is 1. The van der Waals surface area contributed by atoms with Gasteiger partial charge in [-0.15, -0.1) is 22.7 Å². The highest BCUT2D eigenvalue weighted by Gasteiger charge is 2.34. The number of thiazole rings is 1. The van der Waals surface area contributed by atoms with E-state index in [0.29, 0.717) is 28.6 Å². The zero-order valence-electron chi connectivity index (χ0n) is 13.0. The Labute approximate surface area is 153 Å². The third-order valence-corrected chi connectivity index (χ3v) is 7.04. The van der Waals surface area contributed by atoms with E-state index in [-0.39, 0.29) is 0 Å². The molecular formula is C16H18ClN3O2S2. The number of ether oxygens (including phenoxy) is 1. The van der Waals surface area contributed by atoms with Gasteiger partial charge in [-0.05, 0) is 44.0 Å². The predicted molar refractivity (Wildman–Crippen MR) is 98.1 cm³/mol. The number of piperidine rings is 3. The molecule has 24 heavy (non-hydrogen) atoms. The molecule has 2 aromatic heterocycles. The molecule has 128 valence electrons. The number of rotatable bonds is 4. The van der Waals surface area contributed by atoms with E-state index in [1.54, 1.807) is 5.51 Å². The number of carbonyl (C=O) groups is 1. The van der Waals surface area contributed by atoms with Crippen LogP contribution in [0.4, 0.5) is 10.6 Å². The van der Waals surface area contributed by atoms with Crippen LogP contribution in [-0.4, -0.2) is 42.2 Å². The van der Waals surface area contributed by atoms with Gasteiger partial charge in [-0.1, -0.05) is 11.6 Å². The lowest BCUT2D eigenvalue weighted by molar-refractivity contribution is 0.0151. The van der Waals surface area contributed by atoms with Crippen molar-refractivity contribution in [2.24, 2.45) is 11.8 Å². The first-order valence-corrected chi connectivity index (χ1v) is 10.1. The van der Waals surface area contributed by atoms with Crippen molar-refractivity contribution in [2.75, 3.05) is 31.6 Å². The molecule has 1 amide bonds. The van der Waals surface area contributed by atoms with Gasteiger partial charge < -0.3 is 9.64 Å². The lowest BCUT2D eigenvalue weighted by atomic mass is 9.79. The summed E-state index contributed by atoms with van der Waals surface area (Å²) in [7, 11) is 0. The molecule has 1 N–H and O–H groups in total. The molecule has 3 fully saturated rings. The normalized spacial score (nSPS) is 25.6. The molecular weight excluding hydrogens is 366 g/mol. The standard InChI is InChI=1S/C16H18ClN3O2S2/c17-13-2-1-12(24-13)14-15(18-9-23-14)19-16(21)22-8-11-7-20-5-3-10(11)4-6-20/h1-2,9-11H,3-8H2,(H,19,21). The Kier molecular flexibility index (Phi) is 4.76. The Morgan fingerprint density at radius 1 is 1.42 bits per heavy atom. The molecule has 0 spiro atoms. The molecule has 5 nitrogen and oxygen atoms in total. The molecule has 8 heteroatoms. The quantitative estimate of drug-likeness (QED) is 0.849. The van der Waals surface area contributed by atoms with Crippen LogP contribution in [0.25, 0.3) is 9.75 Å². The molecule has 0 aliphatic carbocycles. The van der Waals surface area contributed by atoms with Gasteiger partial charge in [-0.3, -0.25) is 5.32 Å². The summed E-state index contributed by atoms with van der Waals surface area (Å²) in [5.41, 5.74) is 1.71. The fourth-order valence-corrected chi connectivity index (χ4v) is 5.45. The van der Waals surface area contributed by atoms with Crippen molar-refractivity contribution in [1.82, 2.24) is 9.88 Å². The number of fused-ring (bicyclic) bond motifs is 3. The largest absolute Gasteiger partial charge is 0.449 e. The van der Waals surface area contributed by atoms with E-state index in [0.717, 1.165) is 16.3 Å². The van der Waals surface area contributed by atoms with Gasteiger partial charge in [-0.25, -0.2) is 9.78 Å². The molecule has 0 radical (unpaired) electrons. The van der Waals surface area contributed by atoms with Gasteiger partial charge in [0.05, 0.1) is 21.3 Å². The van der Waals surface area contributed by atoms with Crippen LogP contribution in [0.1, 0.15) is 12.8 Å². The van der Waals surface area contributed by atoms with E-state index in [1.165, 1.54) is 48.6 Å². The van der Waals surface area contributed by atoms with Gasteiger partial charge in [0, 0.05) is 17.3 Å². The molecule has 0 aromatic carbocycles. The third-order valence-electron chi connectivity index (χ3n) is 4.81. The number of amides is 1. The summed E-state index contributed by atoms with van der Waals surface area (Å²) in [6, 6.07) is 3.78. The number of hydrogen-bond donors (Lipinski definition) is 1. The summed E-state index contributed by atoms with van der Waals surface area (Å²) in [6.45, 7) is 3.92. The molecule has 1 atom stereocenters. The topological polar surface area (TPSA) is 54.5 Å². The Balaban J connectivity index is 1.34. The van der Waals surface area contributed by atoms with E-state index in [2.05, 4.69) is 15.2 Å². The van der Waals surface area contributed by atoms with E-state index >= 15 is 0 Å². The molecule has 2 aromatic rings. The zero-order valence-corrected chi connectivity index (χ0v) is 15.4. The first kappa shape index (κ1) is 16.3. The maximum Gasteiger partial charge on any atom is 0.412 e. The number of anilines is 1. The van der Waals surface area contributed by atoms with Gasteiger partial charge in [0.2, 0.25) is 0 Å². The molecule has 5 rings (SSSR count). The second-order valence-electron chi connectivity index (χ2n) is 6.26. The summed E-state index contributed by atoms with van der Waals surface area (Å²) in [5.74, 6) is 1.70. The summed E-state index contributed by atoms with van der Waals surface area (Å²) >= 11 is 8.94. The van der Waals surface area contributed by atoms with E-state index in [9.17, 15) is 4.79 Å². The molecule has 3 aliphatic heterocycles. The van der Waals surface area contributed by atoms with Gasteiger partial charge in [0.15, 0.2) is 5.82 Å². The van der Waals surface area contributed by atoms with Crippen LogP contribution < -0.4 is 5.32 Å². The first-order valence-electron chi connectivity index (χ1n) is 8.04. The predicted octanol–water partition coefficient (Wildman–Crippen LogP) is 4.42. The maximum atomic E-state index is 12.1. The number of aromatic nitrogens is 1. The highest BCUT2D eigenvalue weighted by atomic mass is 35.5. The van der Waals surface area contributed by atoms with Crippen molar-refractivity contribution in [2.45, 2.75) is 12.8 Å². The monoisotopic (exact) mass is 383 g/mol. The van der Waals surface area contributed by atoms with E-state index in [4.69, 9.17) is 16.3 Å². The molecule has 0 saturated carbocycles. The highest BCUT2D eigenvalue weighted by molar-refractivity contribution is 7.23. The van der Waals surface area contributed by atoms with E-state index in [1.807, 2.05) is 12.1 Å². The average molecular weight is 384 g/mol. The molecule has 1 unspecified atom stereocenters. The van der Waals surface area contributed by atoms with Gasteiger partial charge in [-0.2, -0.15) is 0 Å². The highest BCUT2D eigenvalue weighted by Crippen LogP contribution is 2.38. The van der Waals surface area contributed by atoms with Gasteiger partial charge in [0.1, 0.15) is 0 Å². The zero-order chi connectivity index (χ0) is 16.5. The molecule has 5 heterocycles. The van der Waals surface area contributed by atoms with Crippen molar-refractivity contribution >= 4 is 46.2 Å². The second-order valence-corrected chi connectivity index (χ2v) is 8.83. The van der Waals surface area contributed by atoms with Crippen molar-refractivity contribution in [1.29, 1.82) is 0 Å². The lowest BCUT2D eigenvalue weighted by Crippen LogP contribution is -2.49. The second kappa shape index (κ2) is 7.00. The molecule has 3 aliphatic rings. The number of thiophene rings is 1. The summed E-state index contributed by atoms with van der Waals surface area (Å²) in [6.07, 6.45) is 2.03. The van der Waals surface area contributed by atoms with Crippen LogP contribution in [0.3, 0.4) is 0 Å². The van der Waals surface area contributed by atoms with Crippen molar-refractivity contribution < 1.29 is 9.53 Å². The fraction of sp³-hybridized carbons (Fsp3) is 0.500. The SMILES string of the molecule is O=C(Nc1ncsc1-c1ccc(Cl)s1)OCC1CN2CCC1CC2. The van der Waals surface area contributed by atoms with Crippen LogP contribution in [-0.2, 0) is 4.74 Å². The van der Waals surface area contributed by atoms with Crippen LogP contribution in [0, 0.1) is 11.8 Å². The van der Waals surface area contributed by atoms with Crippen LogP contribution >= 0.6 is 34.3 Å². The summed E-state index contributed by atoms with van der Waals surface area (Å²) in [4.78, 5) is 20.7. The number of halogens is 1. The van der Waals surface area contributed by atoms with Gasteiger partial charge >= 0.3 is 6.09 Å². The minimum Gasteiger partial charge on any atom is -0.449 e. The third kappa shape index (κ3) is 3.44. The average Bonchev–Trinajstić information content (AvgIpc) is 3.23. The van der Waals surface area contributed by atoms with Crippen molar-refractivity contribution in [3.05, 3.63) is 22.0 Å². The fourth-order valence-electron chi connectivity index (χ4n) is 3.54. The number of carbonyl (C=O) groups excluding carboxylic acids is 1. The maximum absolute atomic E-state index is 12.1. The smallest absolute Gasteiger partial charge is 0.412 e. The summed E-state index contributed by atoms with van der Waals surface area (Å²) < 4.78 is 6.19. The number of nitrogens with zero attached hydrogens (tertiary/aromatic N) is 2. The number of hydrogen-bond acceptors (Lipinski definition) is 6. The summed E-state index contributed by atoms with van der Waals surface area (Å²) in [5, 5.41) is 2.77.